The molecule has 3 rings (SSSR count). The molecule has 0 bridgehead atoms. The second kappa shape index (κ2) is 4.72. The van der Waals surface area contributed by atoms with E-state index in [1.807, 2.05) is 34.6 Å². The van der Waals surface area contributed by atoms with Gasteiger partial charge in [0.2, 0.25) is 0 Å². The molecule has 0 amide bonds. The van der Waals surface area contributed by atoms with Crippen LogP contribution in [0.2, 0.25) is 0 Å². The number of aromatic nitrogens is 5. The summed E-state index contributed by atoms with van der Waals surface area (Å²) in [4.78, 5) is 4.21. The molecule has 0 radical (unpaired) electrons. The topological polar surface area (TPSA) is 60.0 Å². The summed E-state index contributed by atoms with van der Waals surface area (Å²) in [5.74, 6) is 0.962. The molecule has 3 aromatic heterocycles. The Morgan fingerprint density at radius 2 is 2.21 bits per heavy atom. The molecule has 0 aliphatic rings. The van der Waals surface area contributed by atoms with Crippen molar-refractivity contribution in [3.63, 3.8) is 0 Å². The number of fused-ring (bicyclic) bond motifs is 1. The molecule has 6 nitrogen and oxygen atoms in total. The Morgan fingerprint density at radius 1 is 1.32 bits per heavy atom. The first-order valence-corrected chi connectivity index (χ1v) is 6.25. The van der Waals surface area contributed by atoms with Gasteiger partial charge in [-0.05, 0) is 30.7 Å². The van der Waals surface area contributed by atoms with Crippen LogP contribution in [0.3, 0.4) is 0 Å². The highest BCUT2D eigenvalue weighted by molar-refractivity contribution is 5.51. The van der Waals surface area contributed by atoms with E-state index in [0.29, 0.717) is 0 Å². The van der Waals surface area contributed by atoms with E-state index in [4.69, 9.17) is 0 Å². The number of aryl methyl sites for hydroxylation is 2. The van der Waals surface area contributed by atoms with E-state index in [0.717, 1.165) is 30.1 Å². The molecule has 1 N–H and O–H groups in total. The number of nitrogens with zero attached hydrogens (tertiary/aromatic N) is 5. The summed E-state index contributed by atoms with van der Waals surface area (Å²) in [6.45, 7) is 2.87. The maximum atomic E-state index is 4.35. The zero-order valence-corrected chi connectivity index (χ0v) is 11.0. The van der Waals surface area contributed by atoms with Crippen molar-refractivity contribution < 1.29 is 0 Å². The SMILES string of the molecule is Cc1cc(NCCc2ccn(C)n2)n2ncnc2c1. The largest absolute Gasteiger partial charge is 0.370 e. The minimum Gasteiger partial charge on any atom is -0.370 e. The van der Waals surface area contributed by atoms with Gasteiger partial charge in [-0.15, -0.1) is 0 Å². The Labute approximate surface area is 111 Å². The van der Waals surface area contributed by atoms with Crippen LogP contribution >= 0.6 is 0 Å². The maximum absolute atomic E-state index is 4.35. The minimum atomic E-state index is 0.815. The van der Waals surface area contributed by atoms with Crippen molar-refractivity contribution in [1.82, 2.24) is 24.4 Å². The number of hydrogen-bond acceptors (Lipinski definition) is 4. The van der Waals surface area contributed by atoms with E-state index in [1.165, 1.54) is 5.56 Å². The average molecular weight is 256 g/mol. The van der Waals surface area contributed by atoms with E-state index in [2.05, 4.69) is 33.5 Å². The van der Waals surface area contributed by atoms with E-state index in [9.17, 15) is 0 Å². The molecule has 6 heteroatoms. The summed E-state index contributed by atoms with van der Waals surface area (Å²) in [7, 11) is 1.93. The number of nitrogens with one attached hydrogen (secondary N) is 1. The van der Waals surface area contributed by atoms with Gasteiger partial charge in [0.25, 0.3) is 0 Å². The first-order valence-electron chi connectivity index (χ1n) is 6.25. The predicted octanol–water partition coefficient (Wildman–Crippen LogP) is 1.43. The van der Waals surface area contributed by atoms with Gasteiger partial charge in [-0.1, -0.05) is 0 Å². The lowest BCUT2D eigenvalue weighted by Gasteiger charge is -2.08. The highest BCUT2D eigenvalue weighted by Crippen LogP contribution is 2.13. The van der Waals surface area contributed by atoms with Crippen LogP contribution in [0.5, 0.6) is 0 Å². The van der Waals surface area contributed by atoms with Crippen molar-refractivity contribution in [2.45, 2.75) is 13.3 Å². The van der Waals surface area contributed by atoms with Crippen LogP contribution < -0.4 is 5.32 Å². The van der Waals surface area contributed by atoms with Gasteiger partial charge in [0, 0.05) is 26.2 Å². The monoisotopic (exact) mass is 256 g/mol. The molecule has 0 aliphatic carbocycles. The van der Waals surface area contributed by atoms with E-state index >= 15 is 0 Å². The maximum Gasteiger partial charge on any atom is 0.157 e. The Balaban J connectivity index is 1.73. The average Bonchev–Trinajstić information content (AvgIpc) is 2.98. The zero-order valence-electron chi connectivity index (χ0n) is 11.0. The standard InChI is InChI=1S/C13H16N6/c1-10-7-12(19-13(8-10)15-9-16-19)14-5-3-11-4-6-18(2)17-11/h4,6-9,14H,3,5H2,1-2H3. The lowest BCUT2D eigenvalue weighted by atomic mass is 10.3. The molecule has 3 aromatic rings. The highest BCUT2D eigenvalue weighted by atomic mass is 15.3. The van der Waals surface area contributed by atoms with Crippen LogP contribution in [0.15, 0.2) is 30.7 Å². The Morgan fingerprint density at radius 3 is 3.00 bits per heavy atom. The molecule has 0 saturated heterocycles. The quantitative estimate of drug-likeness (QED) is 0.767. The van der Waals surface area contributed by atoms with Crippen LogP contribution in [0.25, 0.3) is 5.65 Å². The lowest BCUT2D eigenvalue weighted by molar-refractivity contribution is 0.741. The minimum absolute atomic E-state index is 0.815. The van der Waals surface area contributed by atoms with Crippen molar-refractivity contribution in [1.29, 1.82) is 0 Å². The third-order valence-corrected chi connectivity index (χ3v) is 2.98. The second-order valence-corrected chi connectivity index (χ2v) is 4.61. The number of anilines is 1. The molecule has 19 heavy (non-hydrogen) atoms. The highest BCUT2D eigenvalue weighted by Gasteiger charge is 2.04. The van der Waals surface area contributed by atoms with Crippen LogP contribution in [-0.2, 0) is 13.5 Å². The molecule has 0 unspecified atom stereocenters. The van der Waals surface area contributed by atoms with E-state index in [1.54, 1.807) is 6.33 Å². The second-order valence-electron chi connectivity index (χ2n) is 4.61. The van der Waals surface area contributed by atoms with Crippen LogP contribution in [0.4, 0.5) is 5.82 Å². The molecule has 0 aromatic carbocycles. The Hall–Kier alpha value is -2.37. The van der Waals surface area contributed by atoms with Gasteiger partial charge >= 0.3 is 0 Å². The van der Waals surface area contributed by atoms with Crippen molar-refractivity contribution in [2.24, 2.45) is 7.05 Å². The first kappa shape index (κ1) is 11.7. The molecule has 98 valence electrons. The molecular formula is C13H16N6. The molecule has 0 fully saturated rings. The van der Waals surface area contributed by atoms with Crippen molar-refractivity contribution in [3.8, 4) is 0 Å². The molecule has 3 heterocycles. The molecule has 0 saturated carbocycles. The van der Waals surface area contributed by atoms with Crippen LogP contribution in [0.1, 0.15) is 11.3 Å². The molecule has 0 atom stereocenters. The third-order valence-electron chi connectivity index (χ3n) is 2.98. The van der Waals surface area contributed by atoms with Gasteiger partial charge in [-0.25, -0.2) is 4.98 Å². The fourth-order valence-electron chi connectivity index (χ4n) is 2.10. The van der Waals surface area contributed by atoms with Gasteiger partial charge in [0.05, 0.1) is 5.69 Å². The first-order chi connectivity index (χ1) is 9.22. The molecule has 0 aliphatic heterocycles. The lowest BCUT2D eigenvalue weighted by Crippen LogP contribution is -2.09. The van der Waals surface area contributed by atoms with Crippen LogP contribution in [0, 0.1) is 6.92 Å². The van der Waals surface area contributed by atoms with Gasteiger partial charge in [0.1, 0.15) is 12.1 Å². The summed E-state index contributed by atoms with van der Waals surface area (Å²) < 4.78 is 3.63. The molecular weight excluding hydrogens is 240 g/mol. The van der Waals surface area contributed by atoms with Crippen molar-refractivity contribution >= 4 is 11.5 Å². The number of rotatable bonds is 4. The van der Waals surface area contributed by atoms with E-state index in [-0.39, 0.29) is 0 Å². The summed E-state index contributed by atoms with van der Waals surface area (Å²) in [5.41, 5.74) is 3.11. The smallest absolute Gasteiger partial charge is 0.157 e. The number of pyridine rings is 1. The van der Waals surface area contributed by atoms with Gasteiger partial charge in [-0.2, -0.15) is 14.7 Å². The molecule has 0 spiro atoms. The fraction of sp³-hybridized carbons (Fsp3) is 0.308. The normalized spacial score (nSPS) is 11.1. The predicted molar refractivity (Wildman–Crippen MR) is 73.1 cm³/mol. The summed E-state index contributed by atoms with van der Waals surface area (Å²) in [6, 6.07) is 6.11. The summed E-state index contributed by atoms with van der Waals surface area (Å²) >= 11 is 0. The summed E-state index contributed by atoms with van der Waals surface area (Å²) in [6.07, 6.45) is 4.40. The third kappa shape index (κ3) is 2.42. The van der Waals surface area contributed by atoms with Crippen molar-refractivity contribution in [3.05, 3.63) is 42.0 Å². The van der Waals surface area contributed by atoms with E-state index < -0.39 is 0 Å². The Bertz CT molecular complexity index is 696. The number of hydrogen-bond donors (Lipinski definition) is 1. The fourth-order valence-corrected chi connectivity index (χ4v) is 2.10. The van der Waals surface area contributed by atoms with Crippen molar-refractivity contribution in [2.75, 3.05) is 11.9 Å². The van der Waals surface area contributed by atoms with Gasteiger partial charge in [-0.3, -0.25) is 4.68 Å². The Kier molecular flexibility index (Phi) is 2.91. The van der Waals surface area contributed by atoms with Gasteiger partial charge < -0.3 is 5.32 Å². The zero-order chi connectivity index (χ0) is 13.2. The van der Waals surface area contributed by atoms with Gasteiger partial charge in [0.15, 0.2) is 5.65 Å². The summed E-state index contributed by atoms with van der Waals surface area (Å²) in [5, 5.41) is 12.0. The van der Waals surface area contributed by atoms with Crippen LogP contribution in [-0.4, -0.2) is 30.9 Å².